The van der Waals surface area contributed by atoms with Gasteiger partial charge in [0.15, 0.2) is 0 Å². The van der Waals surface area contributed by atoms with Crippen molar-refractivity contribution < 1.29 is 4.79 Å². The van der Waals surface area contributed by atoms with Gasteiger partial charge in [-0.1, -0.05) is 60.2 Å². The van der Waals surface area contributed by atoms with Crippen molar-refractivity contribution >= 4 is 18.1 Å². The molecule has 2 nitrogen and oxygen atoms in total. The summed E-state index contributed by atoms with van der Waals surface area (Å²) in [6.07, 6.45) is 4.11. The Kier molecular flexibility index (Phi) is 2.71. The molecule has 1 aliphatic carbocycles. The summed E-state index contributed by atoms with van der Waals surface area (Å²) in [4.78, 5) is 11.9. The van der Waals surface area contributed by atoms with E-state index in [0.29, 0.717) is 0 Å². The van der Waals surface area contributed by atoms with Crippen molar-refractivity contribution in [3.8, 4) is 0 Å². The Morgan fingerprint density at radius 1 is 1.00 bits per heavy atom. The van der Waals surface area contributed by atoms with Crippen molar-refractivity contribution in [3.63, 3.8) is 0 Å². The number of carbonyl (C=O) groups excluding carboxylic acids is 1. The number of aryl methyl sites for hydroxylation is 1. The molecule has 0 bridgehead atoms. The predicted octanol–water partition coefficient (Wildman–Crippen LogP) is 3.10. The van der Waals surface area contributed by atoms with Crippen molar-refractivity contribution in [2.75, 3.05) is 0 Å². The minimum absolute atomic E-state index is 0.304. The molecule has 0 spiro atoms. The maximum Gasteiger partial charge on any atom is 0.229 e. The molecule has 0 aliphatic heterocycles. The zero-order valence-electron chi connectivity index (χ0n) is 10.8. The van der Waals surface area contributed by atoms with Gasteiger partial charge in [0.2, 0.25) is 5.91 Å². The lowest BCUT2D eigenvalue weighted by atomic mass is 9.87. The molecule has 1 aliphatic rings. The topological polar surface area (TPSA) is 43.1 Å². The summed E-state index contributed by atoms with van der Waals surface area (Å²) in [7, 11) is 0. The quantitative estimate of drug-likeness (QED) is 0.829. The van der Waals surface area contributed by atoms with Crippen LogP contribution in [0.5, 0.6) is 0 Å². The molecule has 0 saturated carbocycles. The fourth-order valence-electron chi connectivity index (χ4n) is 2.68. The fraction of sp³-hybridized carbons (Fsp3) is 0.118. The normalized spacial score (nSPS) is 16.4. The highest BCUT2D eigenvalue weighted by Gasteiger charge is 2.25. The van der Waals surface area contributed by atoms with Crippen LogP contribution < -0.4 is 5.73 Å². The van der Waals surface area contributed by atoms with Crippen molar-refractivity contribution in [1.29, 1.82) is 0 Å². The minimum atomic E-state index is -0.373. The molecule has 1 amide bonds. The number of hydrogen-bond acceptors (Lipinski definition) is 1. The first-order chi connectivity index (χ1) is 9.16. The van der Waals surface area contributed by atoms with Crippen LogP contribution in [0, 0.1) is 6.92 Å². The van der Waals surface area contributed by atoms with E-state index in [2.05, 4.69) is 18.2 Å². The van der Waals surface area contributed by atoms with E-state index in [0.717, 1.165) is 22.3 Å². The molecule has 0 saturated heterocycles. The van der Waals surface area contributed by atoms with E-state index in [4.69, 9.17) is 5.73 Å². The highest BCUT2D eigenvalue weighted by atomic mass is 16.1. The Morgan fingerprint density at radius 3 is 2.47 bits per heavy atom. The largest absolute Gasteiger partial charge is 0.369 e. The molecule has 2 N–H and O–H groups in total. The molecular formula is C17H15NO. The number of primary amides is 1. The van der Waals surface area contributed by atoms with Gasteiger partial charge in [0.1, 0.15) is 0 Å². The first kappa shape index (κ1) is 11.7. The summed E-state index contributed by atoms with van der Waals surface area (Å²) in [5, 5.41) is 0. The lowest BCUT2D eigenvalue weighted by molar-refractivity contribution is -0.118. The van der Waals surface area contributed by atoms with Crippen molar-refractivity contribution in [1.82, 2.24) is 0 Å². The number of carbonyl (C=O) groups is 1. The molecule has 19 heavy (non-hydrogen) atoms. The van der Waals surface area contributed by atoms with E-state index < -0.39 is 0 Å². The molecule has 2 heteroatoms. The van der Waals surface area contributed by atoms with E-state index in [1.807, 2.05) is 43.3 Å². The molecule has 0 aromatic heterocycles. The Morgan fingerprint density at radius 2 is 1.68 bits per heavy atom. The fourth-order valence-corrected chi connectivity index (χ4v) is 2.68. The van der Waals surface area contributed by atoms with Gasteiger partial charge < -0.3 is 5.73 Å². The molecule has 2 aromatic carbocycles. The van der Waals surface area contributed by atoms with E-state index in [9.17, 15) is 4.79 Å². The Labute approximate surface area is 112 Å². The van der Waals surface area contributed by atoms with Crippen LogP contribution in [0.1, 0.15) is 33.7 Å². The van der Waals surface area contributed by atoms with Gasteiger partial charge in [-0.15, -0.1) is 0 Å². The molecular weight excluding hydrogens is 234 g/mol. The number of amides is 1. The Balaban J connectivity index is 2.30. The average molecular weight is 249 g/mol. The van der Waals surface area contributed by atoms with Gasteiger partial charge in [0, 0.05) is 0 Å². The first-order valence-electron chi connectivity index (χ1n) is 6.33. The van der Waals surface area contributed by atoms with Gasteiger partial charge in [0.05, 0.1) is 5.92 Å². The van der Waals surface area contributed by atoms with E-state index in [1.165, 1.54) is 5.56 Å². The van der Waals surface area contributed by atoms with E-state index >= 15 is 0 Å². The first-order valence-corrected chi connectivity index (χ1v) is 6.33. The lowest BCUT2D eigenvalue weighted by Gasteiger charge is -2.17. The summed E-state index contributed by atoms with van der Waals surface area (Å²) < 4.78 is 0. The van der Waals surface area contributed by atoms with Gasteiger partial charge in [-0.3, -0.25) is 4.79 Å². The molecule has 1 atom stereocenters. The second-order valence-electron chi connectivity index (χ2n) is 4.93. The second-order valence-corrected chi connectivity index (χ2v) is 4.93. The minimum Gasteiger partial charge on any atom is -0.369 e. The number of fused-ring (bicyclic) bond motifs is 2. The van der Waals surface area contributed by atoms with Gasteiger partial charge >= 0.3 is 0 Å². The summed E-state index contributed by atoms with van der Waals surface area (Å²) in [6, 6.07) is 14.0. The number of hydrogen-bond donors (Lipinski definition) is 1. The van der Waals surface area contributed by atoms with Crippen molar-refractivity contribution in [2.24, 2.45) is 5.73 Å². The maximum atomic E-state index is 11.9. The maximum absolute atomic E-state index is 11.9. The van der Waals surface area contributed by atoms with Crippen LogP contribution in [-0.2, 0) is 4.79 Å². The molecule has 1 unspecified atom stereocenters. The highest BCUT2D eigenvalue weighted by Crippen LogP contribution is 2.34. The summed E-state index contributed by atoms with van der Waals surface area (Å²) in [5.74, 6) is -0.678. The van der Waals surface area contributed by atoms with Crippen LogP contribution in [0.4, 0.5) is 0 Å². The van der Waals surface area contributed by atoms with E-state index in [-0.39, 0.29) is 11.8 Å². The second kappa shape index (κ2) is 4.39. The van der Waals surface area contributed by atoms with Crippen LogP contribution in [-0.4, -0.2) is 5.91 Å². The molecule has 3 rings (SSSR count). The SMILES string of the molecule is Cc1ccc2c(c1)C=Cc1ccccc1C2C(N)=O. The van der Waals surface area contributed by atoms with E-state index in [1.54, 1.807) is 0 Å². The summed E-state index contributed by atoms with van der Waals surface area (Å²) in [5.41, 5.74) is 10.9. The molecule has 0 heterocycles. The van der Waals surface area contributed by atoms with Crippen LogP contribution in [0.25, 0.3) is 12.2 Å². The van der Waals surface area contributed by atoms with Crippen LogP contribution in [0.3, 0.4) is 0 Å². The molecule has 94 valence electrons. The lowest BCUT2D eigenvalue weighted by Crippen LogP contribution is -2.23. The summed E-state index contributed by atoms with van der Waals surface area (Å²) in [6.45, 7) is 2.05. The van der Waals surface area contributed by atoms with Crippen molar-refractivity contribution in [2.45, 2.75) is 12.8 Å². The van der Waals surface area contributed by atoms with Gasteiger partial charge in [-0.25, -0.2) is 0 Å². The smallest absolute Gasteiger partial charge is 0.229 e. The standard InChI is InChI=1S/C17H15NO/c1-11-6-9-15-13(10-11)8-7-12-4-2-3-5-14(12)16(15)17(18)19/h2-10,16H,1H3,(H2,18,19). The number of rotatable bonds is 1. The van der Waals surface area contributed by atoms with Crippen LogP contribution >= 0.6 is 0 Å². The third kappa shape index (κ3) is 1.95. The van der Waals surface area contributed by atoms with Crippen LogP contribution in [0.2, 0.25) is 0 Å². The zero-order chi connectivity index (χ0) is 13.4. The molecule has 0 radical (unpaired) electrons. The van der Waals surface area contributed by atoms with Gasteiger partial charge in [-0.2, -0.15) is 0 Å². The third-order valence-electron chi connectivity index (χ3n) is 3.59. The third-order valence-corrected chi connectivity index (χ3v) is 3.59. The molecule has 0 fully saturated rings. The van der Waals surface area contributed by atoms with Crippen molar-refractivity contribution in [3.05, 3.63) is 70.3 Å². The summed E-state index contributed by atoms with van der Waals surface area (Å²) >= 11 is 0. The number of nitrogens with two attached hydrogens (primary N) is 1. The Bertz CT molecular complexity index is 685. The highest BCUT2D eigenvalue weighted by molar-refractivity contribution is 5.91. The molecule has 2 aromatic rings. The zero-order valence-corrected chi connectivity index (χ0v) is 10.8. The van der Waals surface area contributed by atoms with Crippen LogP contribution in [0.15, 0.2) is 42.5 Å². The predicted molar refractivity (Wildman–Crippen MR) is 77.6 cm³/mol. The van der Waals surface area contributed by atoms with Gasteiger partial charge in [-0.05, 0) is 29.2 Å². The monoisotopic (exact) mass is 249 g/mol. The van der Waals surface area contributed by atoms with Gasteiger partial charge in [0.25, 0.3) is 0 Å². The number of benzene rings is 2. The average Bonchev–Trinajstić information content (AvgIpc) is 2.55. The Hall–Kier alpha value is -2.35.